The van der Waals surface area contributed by atoms with E-state index in [1.807, 2.05) is 24.5 Å². The van der Waals surface area contributed by atoms with E-state index in [4.69, 9.17) is 0 Å². The van der Waals surface area contributed by atoms with Gasteiger partial charge in [0.2, 0.25) is 0 Å². The molecule has 4 nitrogen and oxygen atoms in total. The molecule has 1 aromatic carbocycles. The van der Waals surface area contributed by atoms with Gasteiger partial charge in [-0.25, -0.2) is 0 Å². The Bertz CT molecular complexity index is 980. The fraction of sp³-hybridized carbons (Fsp3) is 0.174. The number of fused-ring (bicyclic) bond motifs is 1. The van der Waals surface area contributed by atoms with Crippen LogP contribution in [0.15, 0.2) is 90.7 Å². The highest BCUT2D eigenvalue weighted by molar-refractivity contribution is 5.83. The quantitative estimate of drug-likeness (QED) is 0.594. The van der Waals surface area contributed by atoms with Gasteiger partial charge in [0.05, 0.1) is 0 Å². The minimum Gasteiger partial charge on any atom is -0.385 e. The molecule has 136 valence electrons. The molecule has 4 rings (SSSR count). The van der Waals surface area contributed by atoms with Gasteiger partial charge in [0.25, 0.3) is 0 Å². The van der Waals surface area contributed by atoms with Gasteiger partial charge in [0, 0.05) is 60.4 Å². The first kappa shape index (κ1) is 17.2. The van der Waals surface area contributed by atoms with Gasteiger partial charge in [-0.15, -0.1) is 0 Å². The fourth-order valence-electron chi connectivity index (χ4n) is 3.27. The Balaban J connectivity index is 1.31. The van der Waals surface area contributed by atoms with Crippen molar-refractivity contribution in [1.29, 1.82) is 0 Å². The summed E-state index contributed by atoms with van der Waals surface area (Å²) in [6, 6.07) is 12.5. The molecule has 0 saturated heterocycles. The molecule has 2 heterocycles. The van der Waals surface area contributed by atoms with E-state index in [1.165, 1.54) is 27.7 Å². The van der Waals surface area contributed by atoms with Crippen molar-refractivity contribution in [3.05, 3.63) is 102 Å². The maximum absolute atomic E-state index is 4.06. The Morgan fingerprint density at radius 3 is 2.81 bits per heavy atom. The monoisotopic (exact) mass is 356 g/mol. The van der Waals surface area contributed by atoms with E-state index in [9.17, 15) is 0 Å². The van der Waals surface area contributed by atoms with Crippen molar-refractivity contribution >= 4 is 10.9 Å². The first-order valence-electron chi connectivity index (χ1n) is 9.37. The van der Waals surface area contributed by atoms with Crippen LogP contribution in [0, 0.1) is 0 Å². The molecule has 4 heteroatoms. The van der Waals surface area contributed by atoms with Gasteiger partial charge >= 0.3 is 0 Å². The Morgan fingerprint density at radius 2 is 1.89 bits per heavy atom. The summed E-state index contributed by atoms with van der Waals surface area (Å²) in [5.41, 5.74) is 6.16. The molecule has 0 unspecified atom stereocenters. The van der Waals surface area contributed by atoms with Crippen molar-refractivity contribution < 1.29 is 0 Å². The van der Waals surface area contributed by atoms with Crippen LogP contribution >= 0.6 is 0 Å². The minimum atomic E-state index is 0.819. The van der Waals surface area contributed by atoms with Crippen LogP contribution in [0.5, 0.6) is 0 Å². The van der Waals surface area contributed by atoms with Crippen molar-refractivity contribution in [3.63, 3.8) is 0 Å². The average molecular weight is 356 g/mol. The second kappa shape index (κ2) is 8.41. The largest absolute Gasteiger partial charge is 0.385 e. The predicted molar refractivity (Wildman–Crippen MR) is 111 cm³/mol. The number of rotatable bonds is 7. The Morgan fingerprint density at radius 1 is 1.00 bits per heavy atom. The minimum absolute atomic E-state index is 0.819. The molecule has 0 bridgehead atoms. The molecule has 0 amide bonds. The molecule has 3 N–H and O–H groups in total. The highest BCUT2D eigenvalue weighted by atomic mass is 14.9. The number of nitrogens with one attached hydrogen (secondary N) is 3. The van der Waals surface area contributed by atoms with E-state index in [-0.39, 0.29) is 0 Å². The molecule has 2 aromatic heterocycles. The van der Waals surface area contributed by atoms with E-state index in [0.29, 0.717) is 0 Å². The summed E-state index contributed by atoms with van der Waals surface area (Å²) < 4.78 is 0. The number of H-pyrrole nitrogens is 1. The number of pyridine rings is 1. The lowest BCUT2D eigenvalue weighted by molar-refractivity contribution is 0.788. The van der Waals surface area contributed by atoms with E-state index in [2.05, 4.69) is 75.4 Å². The molecular weight excluding hydrogens is 332 g/mol. The van der Waals surface area contributed by atoms with Crippen molar-refractivity contribution in [2.45, 2.75) is 19.4 Å². The summed E-state index contributed by atoms with van der Waals surface area (Å²) in [5.74, 6) is 0. The normalized spacial score (nSPS) is 13.8. The standard InChI is InChI=1S/C23H24N4/c1-2-7-23-22(6-1)19(17-27-23)12-15-25-20-4-3-5-21(9-8-20)26-16-18-10-13-24-14-11-18/h1-4,6-11,13-14,17,25-27H,5,12,15-16H2. The molecule has 0 spiro atoms. The van der Waals surface area contributed by atoms with Crippen molar-refractivity contribution in [1.82, 2.24) is 20.6 Å². The highest BCUT2D eigenvalue weighted by Gasteiger charge is 2.03. The number of hydrogen-bond acceptors (Lipinski definition) is 3. The molecule has 0 saturated carbocycles. The third-order valence-corrected chi connectivity index (χ3v) is 4.77. The van der Waals surface area contributed by atoms with Crippen molar-refractivity contribution in [3.8, 4) is 0 Å². The van der Waals surface area contributed by atoms with Gasteiger partial charge in [-0.3, -0.25) is 4.98 Å². The lowest BCUT2D eigenvalue weighted by atomic mass is 10.1. The zero-order valence-electron chi connectivity index (χ0n) is 15.3. The number of aromatic amines is 1. The molecule has 0 radical (unpaired) electrons. The SMILES string of the molecule is C1=CC(NCCc2c[nH]c3ccccc23)=CC=C(NCc2ccncc2)C1. The summed E-state index contributed by atoms with van der Waals surface area (Å²) in [4.78, 5) is 7.40. The summed E-state index contributed by atoms with van der Waals surface area (Å²) in [6.07, 6.45) is 16.3. The van der Waals surface area contributed by atoms with Gasteiger partial charge in [0.15, 0.2) is 0 Å². The summed E-state index contributed by atoms with van der Waals surface area (Å²) in [6.45, 7) is 1.73. The Labute approximate surface area is 159 Å². The van der Waals surface area contributed by atoms with Gasteiger partial charge in [0.1, 0.15) is 0 Å². The lowest BCUT2D eigenvalue weighted by Crippen LogP contribution is -2.15. The van der Waals surface area contributed by atoms with E-state index < -0.39 is 0 Å². The van der Waals surface area contributed by atoms with Crippen LogP contribution < -0.4 is 10.6 Å². The molecule has 0 atom stereocenters. The third kappa shape index (κ3) is 4.47. The molecule has 0 aliphatic heterocycles. The fourth-order valence-corrected chi connectivity index (χ4v) is 3.27. The second-order valence-corrected chi connectivity index (χ2v) is 6.67. The molecule has 0 fully saturated rings. The van der Waals surface area contributed by atoms with E-state index in [1.54, 1.807) is 0 Å². The number of allylic oxidation sites excluding steroid dienone is 4. The third-order valence-electron chi connectivity index (χ3n) is 4.77. The highest BCUT2D eigenvalue weighted by Crippen LogP contribution is 2.18. The molecular formula is C23H24N4. The summed E-state index contributed by atoms with van der Waals surface area (Å²) in [5, 5.41) is 8.35. The van der Waals surface area contributed by atoms with Crippen molar-refractivity contribution in [2.24, 2.45) is 0 Å². The first-order valence-corrected chi connectivity index (χ1v) is 9.37. The first-order chi connectivity index (χ1) is 13.4. The number of hydrogen-bond donors (Lipinski definition) is 3. The van der Waals surface area contributed by atoms with Crippen LogP contribution in [0.2, 0.25) is 0 Å². The number of aromatic nitrogens is 2. The summed E-state index contributed by atoms with van der Waals surface area (Å²) >= 11 is 0. The Hall–Kier alpha value is -3.27. The van der Waals surface area contributed by atoms with Crippen LogP contribution in [0.1, 0.15) is 17.5 Å². The smallest absolute Gasteiger partial charge is 0.0456 e. The predicted octanol–water partition coefficient (Wildman–Crippen LogP) is 4.21. The van der Waals surface area contributed by atoms with Crippen LogP contribution in [0.25, 0.3) is 10.9 Å². The van der Waals surface area contributed by atoms with Gasteiger partial charge in [-0.05, 0) is 54.0 Å². The molecule has 1 aliphatic rings. The van der Waals surface area contributed by atoms with Crippen LogP contribution in [-0.4, -0.2) is 16.5 Å². The van der Waals surface area contributed by atoms with E-state index in [0.717, 1.165) is 31.6 Å². The number of para-hydroxylation sites is 1. The second-order valence-electron chi connectivity index (χ2n) is 6.67. The van der Waals surface area contributed by atoms with Gasteiger partial charge < -0.3 is 15.6 Å². The summed E-state index contributed by atoms with van der Waals surface area (Å²) in [7, 11) is 0. The maximum Gasteiger partial charge on any atom is 0.0456 e. The Kier molecular flexibility index (Phi) is 5.34. The van der Waals surface area contributed by atoms with Crippen LogP contribution in [0.4, 0.5) is 0 Å². The molecule has 3 aromatic rings. The molecule has 1 aliphatic carbocycles. The van der Waals surface area contributed by atoms with Crippen molar-refractivity contribution in [2.75, 3.05) is 6.54 Å². The van der Waals surface area contributed by atoms with Gasteiger partial charge in [-0.2, -0.15) is 0 Å². The maximum atomic E-state index is 4.06. The molecule has 27 heavy (non-hydrogen) atoms. The van der Waals surface area contributed by atoms with Gasteiger partial charge in [-0.1, -0.05) is 24.3 Å². The lowest BCUT2D eigenvalue weighted by Gasteiger charge is -2.08. The van der Waals surface area contributed by atoms with Crippen LogP contribution in [-0.2, 0) is 13.0 Å². The topological polar surface area (TPSA) is 52.7 Å². The average Bonchev–Trinajstić information content (AvgIpc) is 2.99. The van der Waals surface area contributed by atoms with E-state index >= 15 is 0 Å². The number of nitrogens with zero attached hydrogens (tertiary/aromatic N) is 1. The van der Waals surface area contributed by atoms with Crippen LogP contribution in [0.3, 0.4) is 0 Å². The zero-order valence-corrected chi connectivity index (χ0v) is 15.3. The number of benzene rings is 1. The zero-order chi connectivity index (χ0) is 18.3.